The number of benzene rings is 2. The van der Waals surface area contributed by atoms with Crippen LogP contribution in [0.4, 0.5) is 10.5 Å². The number of ether oxygens (including phenoxy) is 1. The fourth-order valence-corrected chi connectivity index (χ4v) is 2.85. The summed E-state index contributed by atoms with van der Waals surface area (Å²) in [6, 6.07) is 15.4. The molecule has 0 unspecified atom stereocenters. The molecule has 0 atom stereocenters. The Bertz CT molecular complexity index is 883. The summed E-state index contributed by atoms with van der Waals surface area (Å²) >= 11 is 0. The van der Waals surface area contributed by atoms with Crippen LogP contribution in [0.15, 0.2) is 54.7 Å². The van der Waals surface area contributed by atoms with Crippen LogP contribution in [0.1, 0.15) is 17.5 Å². The van der Waals surface area contributed by atoms with Crippen LogP contribution in [-0.2, 0) is 0 Å². The second-order valence-electron chi connectivity index (χ2n) is 6.18. The van der Waals surface area contributed by atoms with Crippen molar-refractivity contribution in [3.63, 3.8) is 0 Å². The summed E-state index contributed by atoms with van der Waals surface area (Å²) in [6.07, 6.45) is 2.45. The van der Waals surface area contributed by atoms with E-state index in [0.29, 0.717) is 18.8 Å². The molecule has 0 fully saturated rings. The van der Waals surface area contributed by atoms with Crippen LogP contribution < -0.4 is 15.4 Å². The summed E-state index contributed by atoms with van der Waals surface area (Å²) in [5.41, 5.74) is 3.73. The number of hydrogen-bond donors (Lipinski definition) is 2. The van der Waals surface area contributed by atoms with Crippen molar-refractivity contribution in [2.75, 3.05) is 18.5 Å². The Hall–Kier alpha value is -3.08. The van der Waals surface area contributed by atoms with E-state index in [0.717, 1.165) is 34.2 Å². The van der Waals surface area contributed by atoms with Gasteiger partial charge in [0, 0.05) is 18.1 Å². The van der Waals surface area contributed by atoms with Gasteiger partial charge in [-0.3, -0.25) is 4.98 Å². The van der Waals surface area contributed by atoms with E-state index in [4.69, 9.17) is 4.74 Å². The van der Waals surface area contributed by atoms with Crippen LogP contribution in [0.5, 0.6) is 5.75 Å². The van der Waals surface area contributed by atoms with E-state index in [9.17, 15) is 4.79 Å². The van der Waals surface area contributed by atoms with Gasteiger partial charge in [-0.1, -0.05) is 36.4 Å². The van der Waals surface area contributed by atoms with Crippen molar-refractivity contribution in [1.82, 2.24) is 10.3 Å². The summed E-state index contributed by atoms with van der Waals surface area (Å²) in [5, 5.41) is 6.70. The molecular formula is C21H23N3O2. The highest BCUT2D eigenvalue weighted by atomic mass is 16.5. The number of aromatic nitrogens is 1. The molecule has 0 radical (unpaired) electrons. The number of nitrogens with zero attached hydrogens (tertiary/aromatic N) is 1. The maximum Gasteiger partial charge on any atom is 0.319 e. The van der Waals surface area contributed by atoms with Gasteiger partial charge in [0.1, 0.15) is 5.75 Å². The van der Waals surface area contributed by atoms with Crippen LogP contribution in [0, 0.1) is 13.8 Å². The molecule has 1 heterocycles. The number of anilines is 1. The van der Waals surface area contributed by atoms with Crippen molar-refractivity contribution < 1.29 is 9.53 Å². The molecule has 26 heavy (non-hydrogen) atoms. The molecule has 5 nitrogen and oxygen atoms in total. The number of aryl methyl sites for hydroxylation is 2. The van der Waals surface area contributed by atoms with Gasteiger partial charge in [-0.25, -0.2) is 4.79 Å². The first-order valence-corrected chi connectivity index (χ1v) is 8.73. The number of urea groups is 1. The third-order valence-corrected chi connectivity index (χ3v) is 4.14. The molecule has 0 aliphatic carbocycles. The van der Waals surface area contributed by atoms with Crippen LogP contribution in [0.25, 0.3) is 10.9 Å². The van der Waals surface area contributed by atoms with Gasteiger partial charge in [-0.2, -0.15) is 0 Å². The molecule has 2 N–H and O–H groups in total. The average Bonchev–Trinajstić information content (AvgIpc) is 2.64. The third-order valence-electron chi connectivity index (χ3n) is 4.14. The standard InChI is InChI=1S/C21H23N3O2/c1-15-7-3-8-16(2)20(15)26-14-6-13-23-21(25)24-18-11-4-9-17-10-5-12-22-19(17)18/h3-5,7-12H,6,13-14H2,1-2H3,(H2,23,24,25). The Labute approximate surface area is 153 Å². The lowest BCUT2D eigenvalue weighted by molar-refractivity contribution is 0.250. The van der Waals surface area contributed by atoms with Gasteiger partial charge in [0.15, 0.2) is 0 Å². The number of fused-ring (bicyclic) bond motifs is 1. The fourth-order valence-electron chi connectivity index (χ4n) is 2.85. The fraction of sp³-hybridized carbons (Fsp3) is 0.238. The Morgan fingerprint density at radius 3 is 2.58 bits per heavy atom. The molecule has 2 aromatic carbocycles. The zero-order valence-electron chi connectivity index (χ0n) is 15.1. The van der Waals surface area contributed by atoms with E-state index >= 15 is 0 Å². The van der Waals surface area contributed by atoms with Gasteiger partial charge in [0.05, 0.1) is 17.8 Å². The molecule has 3 aromatic rings. The van der Waals surface area contributed by atoms with E-state index in [1.807, 2.05) is 62.4 Å². The minimum absolute atomic E-state index is 0.241. The van der Waals surface area contributed by atoms with Crippen LogP contribution in [-0.4, -0.2) is 24.2 Å². The third kappa shape index (κ3) is 4.30. The summed E-state index contributed by atoms with van der Waals surface area (Å²) in [6.45, 7) is 5.16. The number of para-hydroxylation sites is 2. The van der Waals surface area contributed by atoms with Crippen LogP contribution in [0.3, 0.4) is 0 Å². The smallest absolute Gasteiger partial charge is 0.319 e. The van der Waals surface area contributed by atoms with Crippen molar-refractivity contribution in [2.45, 2.75) is 20.3 Å². The number of carbonyl (C=O) groups is 1. The number of hydrogen-bond acceptors (Lipinski definition) is 3. The van der Waals surface area contributed by atoms with Gasteiger partial charge in [0.25, 0.3) is 0 Å². The van der Waals surface area contributed by atoms with E-state index in [-0.39, 0.29) is 6.03 Å². The monoisotopic (exact) mass is 349 g/mol. The molecule has 1 aromatic heterocycles. The summed E-state index contributed by atoms with van der Waals surface area (Å²) in [5.74, 6) is 0.929. The average molecular weight is 349 g/mol. The first-order chi connectivity index (χ1) is 12.6. The summed E-state index contributed by atoms with van der Waals surface area (Å²) in [7, 11) is 0. The Morgan fingerprint density at radius 1 is 1.04 bits per heavy atom. The summed E-state index contributed by atoms with van der Waals surface area (Å²) in [4.78, 5) is 16.4. The minimum atomic E-state index is -0.241. The van der Waals surface area contributed by atoms with Gasteiger partial charge >= 0.3 is 6.03 Å². The first kappa shape index (κ1) is 17.7. The predicted molar refractivity (Wildman–Crippen MR) is 105 cm³/mol. The van der Waals surface area contributed by atoms with Crippen molar-refractivity contribution >= 4 is 22.6 Å². The summed E-state index contributed by atoms with van der Waals surface area (Å²) < 4.78 is 5.84. The minimum Gasteiger partial charge on any atom is -0.493 e. The van der Waals surface area contributed by atoms with Crippen molar-refractivity contribution in [2.24, 2.45) is 0 Å². The molecular weight excluding hydrogens is 326 g/mol. The number of pyridine rings is 1. The zero-order valence-corrected chi connectivity index (χ0v) is 15.1. The highest BCUT2D eigenvalue weighted by Gasteiger charge is 2.06. The van der Waals surface area contributed by atoms with E-state index in [1.54, 1.807) is 6.20 Å². The Kier molecular flexibility index (Phi) is 5.69. The number of carbonyl (C=O) groups excluding carboxylic acids is 1. The number of nitrogens with one attached hydrogen (secondary N) is 2. The first-order valence-electron chi connectivity index (χ1n) is 8.73. The second kappa shape index (κ2) is 8.34. The predicted octanol–water partition coefficient (Wildman–Crippen LogP) is 4.44. The van der Waals surface area contributed by atoms with E-state index in [1.165, 1.54) is 0 Å². The largest absolute Gasteiger partial charge is 0.493 e. The lowest BCUT2D eigenvalue weighted by Crippen LogP contribution is -2.30. The number of amides is 2. The molecule has 0 aliphatic heterocycles. The molecule has 0 spiro atoms. The lowest BCUT2D eigenvalue weighted by Gasteiger charge is -2.12. The highest BCUT2D eigenvalue weighted by Crippen LogP contribution is 2.22. The lowest BCUT2D eigenvalue weighted by atomic mass is 10.1. The highest BCUT2D eigenvalue weighted by molar-refractivity contribution is 5.99. The van der Waals surface area contributed by atoms with Crippen LogP contribution >= 0.6 is 0 Å². The Morgan fingerprint density at radius 2 is 1.77 bits per heavy atom. The normalized spacial score (nSPS) is 10.5. The molecule has 5 heteroatoms. The second-order valence-corrected chi connectivity index (χ2v) is 6.18. The molecule has 0 bridgehead atoms. The SMILES string of the molecule is Cc1cccc(C)c1OCCCNC(=O)Nc1cccc2cccnc12. The molecule has 0 saturated heterocycles. The van der Waals surface area contributed by atoms with Gasteiger partial charge in [-0.15, -0.1) is 0 Å². The molecule has 134 valence electrons. The Balaban J connectivity index is 1.46. The van der Waals surface area contributed by atoms with Crippen molar-refractivity contribution in [1.29, 1.82) is 0 Å². The van der Waals surface area contributed by atoms with Crippen LogP contribution in [0.2, 0.25) is 0 Å². The van der Waals surface area contributed by atoms with Gasteiger partial charge < -0.3 is 15.4 Å². The van der Waals surface area contributed by atoms with E-state index < -0.39 is 0 Å². The zero-order chi connectivity index (χ0) is 18.4. The molecule has 2 amide bonds. The molecule has 0 aliphatic rings. The topological polar surface area (TPSA) is 63.2 Å². The maximum absolute atomic E-state index is 12.1. The van der Waals surface area contributed by atoms with E-state index in [2.05, 4.69) is 15.6 Å². The number of rotatable bonds is 6. The maximum atomic E-state index is 12.1. The van der Waals surface area contributed by atoms with Gasteiger partial charge in [-0.05, 0) is 43.5 Å². The molecule has 3 rings (SSSR count). The van der Waals surface area contributed by atoms with Crippen molar-refractivity contribution in [3.05, 3.63) is 65.9 Å². The molecule has 0 saturated carbocycles. The van der Waals surface area contributed by atoms with Crippen molar-refractivity contribution in [3.8, 4) is 5.75 Å². The van der Waals surface area contributed by atoms with Gasteiger partial charge in [0.2, 0.25) is 0 Å². The quantitative estimate of drug-likeness (QED) is 0.647.